The Morgan fingerprint density at radius 1 is 1.11 bits per heavy atom. The molecule has 4 rings (SSSR count). The van der Waals surface area contributed by atoms with E-state index in [1.807, 2.05) is 53.8 Å². The molecule has 9 heteroatoms. The Bertz CT molecular complexity index is 1290. The van der Waals surface area contributed by atoms with Crippen LogP contribution in [0.2, 0.25) is 0 Å². The number of oxime groups is 1. The molecule has 1 aliphatic heterocycles. The van der Waals surface area contributed by atoms with Crippen molar-refractivity contribution in [2.45, 2.75) is 45.8 Å². The van der Waals surface area contributed by atoms with Crippen molar-refractivity contribution < 1.29 is 22.7 Å². The van der Waals surface area contributed by atoms with E-state index in [0.717, 1.165) is 35.5 Å². The standard InChI is InChI=1S/C27H29F3N4O2/c1-6-11-34-24(32-36-27(3,4)26(34)19-13-20(28)25(30)21(29)14-19)10-8-18-7-9-22(23(12-18)35-5)33-15-17(2)31-16-33/h7-10,12-16,26H,6,11H2,1-5H3/b10-8+/t26-/m0/s1. The van der Waals surface area contributed by atoms with E-state index < -0.39 is 29.1 Å². The molecule has 1 atom stereocenters. The second-order valence-corrected chi connectivity index (χ2v) is 9.23. The lowest BCUT2D eigenvalue weighted by Crippen LogP contribution is -2.50. The number of benzene rings is 2. The van der Waals surface area contributed by atoms with Crippen LogP contribution in [0.15, 0.2) is 54.1 Å². The van der Waals surface area contributed by atoms with Gasteiger partial charge in [-0.15, -0.1) is 0 Å². The lowest BCUT2D eigenvalue weighted by atomic mass is 9.89. The Kier molecular flexibility index (Phi) is 7.10. The van der Waals surface area contributed by atoms with E-state index in [2.05, 4.69) is 10.1 Å². The van der Waals surface area contributed by atoms with Crippen molar-refractivity contribution in [3.63, 3.8) is 0 Å². The highest BCUT2D eigenvalue weighted by Crippen LogP contribution is 2.39. The van der Waals surface area contributed by atoms with Crippen LogP contribution in [-0.2, 0) is 4.84 Å². The van der Waals surface area contributed by atoms with Crippen LogP contribution in [0.3, 0.4) is 0 Å². The summed E-state index contributed by atoms with van der Waals surface area (Å²) in [6.45, 7) is 8.02. The molecule has 1 aromatic heterocycles. The van der Waals surface area contributed by atoms with Crippen molar-refractivity contribution in [1.29, 1.82) is 0 Å². The third-order valence-corrected chi connectivity index (χ3v) is 6.04. The highest BCUT2D eigenvalue weighted by Gasteiger charge is 2.42. The summed E-state index contributed by atoms with van der Waals surface area (Å²) in [5.41, 5.74) is 1.95. The number of halogens is 3. The van der Waals surface area contributed by atoms with Gasteiger partial charge in [0.2, 0.25) is 0 Å². The second kappa shape index (κ2) is 10.1. The van der Waals surface area contributed by atoms with Crippen LogP contribution in [0.5, 0.6) is 5.75 Å². The summed E-state index contributed by atoms with van der Waals surface area (Å²) in [7, 11) is 1.60. The molecule has 36 heavy (non-hydrogen) atoms. The first-order valence-electron chi connectivity index (χ1n) is 11.7. The molecule has 3 aromatic rings. The number of ether oxygens (including phenoxy) is 1. The van der Waals surface area contributed by atoms with Gasteiger partial charge in [-0.1, -0.05) is 24.2 Å². The molecule has 6 nitrogen and oxygen atoms in total. The van der Waals surface area contributed by atoms with Gasteiger partial charge in [-0.3, -0.25) is 0 Å². The smallest absolute Gasteiger partial charge is 0.194 e. The number of hydrogen-bond donors (Lipinski definition) is 0. The zero-order valence-corrected chi connectivity index (χ0v) is 20.9. The number of nitrogens with zero attached hydrogens (tertiary/aromatic N) is 4. The molecule has 0 saturated carbocycles. The van der Waals surface area contributed by atoms with Crippen molar-refractivity contribution in [3.8, 4) is 11.4 Å². The molecular formula is C27H29F3N4O2. The molecule has 0 N–H and O–H groups in total. The summed E-state index contributed by atoms with van der Waals surface area (Å²) >= 11 is 0. The Morgan fingerprint density at radius 2 is 1.83 bits per heavy atom. The Hall–Kier alpha value is -3.75. The van der Waals surface area contributed by atoms with E-state index in [9.17, 15) is 13.2 Å². The number of methoxy groups -OCH3 is 1. The van der Waals surface area contributed by atoms with Gasteiger partial charge in [0.1, 0.15) is 5.75 Å². The largest absolute Gasteiger partial charge is 0.495 e. The predicted octanol–water partition coefficient (Wildman–Crippen LogP) is 6.20. The van der Waals surface area contributed by atoms with Gasteiger partial charge >= 0.3 is 0 Å². The first kappa shape index (κ1) is 25.3. The van der Waals surface area contributed by atoms with E-state index in [4.69, 9.17) is 9.57 Å². The zero-order chi connectivity index (χ0) is 26.0. The number of imidazole rings is 1. The average Bonchev–Trinajstić information content (AvgIpc) is 3.27. The van der Waals surface area contributed by atoms with E-state index in [0.29, 0.717) is 18.1 Å². The fourth-order valence-electron chi connectivity index (χ4n) is 4.43. The maximum absolute atomic E-state index is 14.1. The Labute approximate surface area is 208 Å². The SMILES string of the molecule is CCCN1C(/C=C/c2ccc(-n3cnc(C)c3)c(OC)c2)=NOC(C)(C)[C@@H]1c1cc(F)c(F)c(F)c1. The molecule has 0 spiro atoms. The highest BCUT2D eigenvalue weighted by atomic mass is 19.2. The van der Waals surface area contributed by atoms with Crippen LogP contribution >= 0.6 is 0 Å². The summed E-state index contributed by atoms with van der Waals surface area (Å²) in [5.74, 6) is -2.82. The molecule has 0 fully saturated rings. The van der Waals surface area contributed by atoms with Crippen LogP contribution in [0, 0.1) is 24.4 Å². The lowest BCUT2D eigenvalue weighted by molar-refractivity contribution is -0.0851. The van der Waals surface area contributed by atoms with Gasteiger partial charge in [0.05, 0.1) is 30.9 Å². The maximum atomic E-state index is 14.1. The number of hydrogen-bond acceptors (Lipinski definition) is 5. The number of aromatic nitrogens is 2. The quantitative estimate of drug-likeness (QED) is 0.364. The van der Waals surface area contributed by atoms with Gasteiger partial charge in [0, 0.05) is 12.7 Å². The van der Waals surface area contributed by atoms with Crippen LogP contribution in [0.1, 0.15) is 50.1 Å². The number of rotatable bonds is 7. The molecule has 2 aromatic carbocycles. The van der Waals surface area contributed by atoms with Crippen molar-refractivity contribution in [1.82, 2.24) is 14.5 Å². The van der Waals surface area contributed by atoms with Crippen LogP contribution in [-0.4, -0.2) is 39.5 Å². The molecule has 2 heterocycles. The van der Waals surface area contributed by atoms with Crippen molar-refractivity contribution in [2.24, 2.45) is 5.16 Å². The minimum Gasteiger partial charge on any atom is -0.495 e. The fraction of sp³-hybridized carbons (Fsp3) is 0.333. The molecule has 0 unspecified atom stereocenters. The topological polar surface area (TPSA) is 51.9 Å². The highest BCUT2D eigenvalue weighted by molar-refractivity contribution is 5.97. The monoisotopic (exact) mass is 498 g/mol. The van der Waals surface area contributed by atoms with Gasteiger partial charge in [-0.25, -0.2) is 18.2 Å². The van der Waals surface area contributed by atoms with Crippen LogP contribution < -0.4 is 4.74 Å². The van der Waals surface area contributed by atoms with Gasteiger partial charge in [0.25, 0.3) is 0 Å². The Balaban J connectivity index is 1.68. The first-order valence-corrected chi connectivity index (χ1v) is 11.7. The molecule has 0 radical (unpaired) electrons. The maximum Gasteiger partial charge on any atom is 0.194 e. The average molecular weight is 499 g/mol. The van der Waals surface area contributed by atoms with Gasteiger partial charge in [-0.2, -0.15) is 0 Å². The summed E-state index contributed by atoms with van der Waals surface area (Å²) < 4.78 is 49.4. The van der Waals surface area contributed by atoms with Gasteiger partial charge in [-0.05, 0) is 68.7 Å². The van der Waals surface area contributed by atoms with E-state index in [1.165, 1.54) is 0 Å². The molecule has 0 saturated heterocycles. The molecule has 190 valence electrons. The number of amidine groups is 1. The minimum absolute atomic E-state index is 0.271. The van der Waals surface area contributed by atoms with Crippen LogP contribution in [0.25, 0.3) is 11.8 Å². The first-order chi connectivity index (χ1) is 17.1. The zero-order valence-electron chi connectivity index (χ0n) is 20.9. The van der Waals surface area contributed by atoms with Gasteiger partial charge in [0.15, 0.2) is 28.9 Å². The molecular weight excluding hydrogens is 469 g/mol. The fourth-order valence-corrected chi connectivity index (χ4v) is 4.43. The molecule has 0 amide bonds. The summed E-state index contributed by atoms with van der Waals surface area (Å²) in [6, 6.07) is 7.20. The van der Waals surface area contributed by atoms with Crippen LogP contribution in [0.4, 0.5) is 13.2 Å². The Morgan fingerprint density at radius 3 is 2.44 bits per heavy atom. The van der Waals surface area contributed by atoms with E-state index in [1.54, 1.807) is 33.4 Å². The van der Waals surface area contributed by atoms with E-state index >= 15 is 0 Å². The van der Waals surface area contributed by atoms with Crippen molar-refractivity contribution in [3.05, 3.63) is 83.2 Å². The third kappa shape index (κ3) is 4.96. The van der Waals surface area contributed by atoms with E-state index in [-0.39, 0.29) is 5.56 Å². The van der Waals surface area contributed by atoms with Crippen molar-refractivity contribution >= 4 is 11.9 Å². The minimum atomic E-state index is -1.49. The summed E-state index contributed by atoms with van der Waals surface area (Å²) in [5, 5.41) is 4.30. The molecule has 0 aliphatic carbocycles. The summed E-state index contributed by atoms with van der Waals surface area (Å²) in [6.07, 6.45) is 8.02. The third-order valence-electron chi connectivity index (χ3n) is 6.04. The molecule has 0 bridgehead atoms. The molecule has 1 aliphatic rings. The summed E-state index contributed by atoms with van der Waals surface area (Å²) in [4.78, 5) is 12.0. The normalized spacial score (nSPS) is 17.3. The second-order valence-electron chi connectivity index (χ2n) is 9.23. The lowest BCUT2D eigenvalue weighted by Gasteiger charge is -2.45. The van der Waals surface area contributed by atoms with Gasteiger partial charge < -0.3 is 19.0 Å². The predicted molar refractivity (Wildman–Crippen MR) is 133 cm³/mol. The number of aryl methyl sites for hydroxylation is 1. The van der Waals surface area contributed by atoms with Crippen molar-refractivity contribution in [2.75, 3.05) is 13.7 Å².